The Morgan fingerprint density at radius 3 is 2.55 bits per heavy atom. The van der Waals surface area contributed by atoms with Gasteiger partial charge in [0.1, 0.15) is 0 Å². The molecule has 0 amide bonds. The fourth-order valence-corrected chi connectivity index (χ4v) is 2.93. The van der Waals surface area contributed by atoms with Crippen LogP contribution in [0.4, 0.5) is 5.69 Å². The number of rotatable bonds is 3. The van der Waals surface area contributed by atoms with E-state index >= 15 is 0 Å². The first kappa shape index (κ1) is 13.4. The van der Waals surface area contributed by atoms with E-state index in [-0.39, 0.29) is 0 Å². The first-order chi connectivity index (χ1) is 9.70. The molecule has 3 aliphatic heterocycles. The zero-order valence-corrected chi connectivity index (χ0v) is 12.0. The van der Waals surface area contributed by atoms with Crippen LogP contribution in [0.15, 0.2) is 29.3 Å². The Bertz CT molecular complexity index is 474. The third kappa shape index (κ3) is 3.11. The fraction of sp³-hybridized carbons (Fsp3) is 0.533. The fourth-order valence-electron chi connectivity index (χ4n) is 2.93. The number of hydrogen-bond acceptors (Lipinski definition) is 3. The van der Waals surface area contributed by atoms with Crippen molar-refractivity contribution in [2.75, 3.05) is 44.6 Å². The second-order valence-electron chi connectivity index (χ2n) is 5.71. The summed E-state index contributed by atoms with van der Waals surface area (Å²) < 4.78 is 0. The van der Waals surface area contributed by atoms with Crippen LogP contribution in [0.3, 0.4) is 0 Å². The Balaban J connectivity index is 1.54. The molecular weight excluding hydrogens is 250 g/mol. The third-order valence-corrected chi connectivity index (χ3v) is 4.19. The van der Waals surface area contributed by atoms with Crippen molar-refractivity contribution in [2.24, 2.45) is 10.7 Å². The van der Waals surface area contributed by atoms with Crippen molar-refractivity contribution in [3.63, 3.8) is 0 Å². The van der Waals surface area contributed by atoms with Crippen LogP contribution >= 0.6 is 0 Å². The zero-order chi connectivity index (χ0) is 13.9. The van der Waals surface area contributed by atoms with Gasteiger partial charge in [-0.25, -0.2) is 0 Å². The number of piperazine rings is 3. The summed E-state index contributed by atoms with van der Waals surface area (Å²) in [6.07, 6.45) is 0. The van der Waals surface area contributed by atoms with Crippen molar-refractivity contribution < 1.29 is 0 Å². The van der Waals surface area contributed by atoms with E-state index in [1.807, 2.05) is 12.1 Å². The van der Waals surface area contributed by atoms with Gasteiger partial charge >= 0.3 is 0 Å². The van der Waals surface area contributed by atoms with Crippen LogP contribution in [-0.2, 0) is 0 Å². The van der Waals surface area contributed by atoms with Crippen LogP contribution in [-0.4, -0.2) is 61.1 Å². The van der Waals surface area contributed by atoms with Gasteiger partial charge in [0, 0.05) is 44.5 Å². The standard InChI is InChI=1S/C15H23N5/c1-12-2-4-13(5-3-12)18-15(16)17-10-14-11-19-6-8-20(14)9-7-19/h2-5,14H,6-11H2,1H3,(H3,16,17,18). The number of nitrogens with two attached hydrogens (primary N) is 1. The highest BCUT2D eigenvalue weighted by Crippen LogP contribution is 2.15. The van der Waals surface area contributed by atoms with Gasteiger partial charge in [0.25, 0.3) is 0 Å². The van der Waals surface area contributed by atoms with Crippen molar-refractivity contribution in [3.8, 4) is 0 Å². The summed E-state index contributed by atoms with van der Waals surface area (Å²) in [6, 6.07) is 8.70. The molecule has 3 N–H and O–H groups in total. The average Bonchev–Trinajstić information content (AvgIpc) is 2.49. The average molecular weight is 273 g/mol. The normalized spacial score (nSPS) is 29.4. The Morgan fingerprint density at radius 2 is 1.95 bits per heavy atom. The van der Waals surface area contributed by atoms with E-state index in [1.54, 1.807) is 0 Å². The maximum absolute atomic E-state index is 5.97. The van der Waals surface area contributed by atoms with Gasteiger partial charge in [-0.2, -0.15) is 0 Å². The molecule has 3 heterocycles. The lowest BCUT2D eigenvalue weighted by molar-refractivity contribution is 0.0174. The summed E-state index contributed by atoms with van der Waals surface area (Å²) in [6.45, 7) is 8.73. The number of nitrogens with one attached hydrogen (secondary N) is 1. The number of nitrogens with zero attached hydrogens (tertiary/aromatic N) is 3. The van der Waals surface area contributed by atoms with Gasteiger partial charge in [0.15, 0.2) is 5.96 Å². The molecule has 4 rings (SSSR count). The summed E-state index contributed by atoms with van der Waals surface area (Å²) in [7, 11) is 0. The number of aliphatic imine (C=N–C) groups is 1. The van der Waals surface area contributed by atoms with E-state index in [0.717, 1.165) is 18.8 Å². The highest BCUT2D eigenvalue weighted by atomic mass is 15.3. The van der Waals surface area contributed by atoms with Gasteiger partial charge < -0.3 is 11.1 Å². The SMILES string of the molecule is Cc1ccc(NC(N)=NCC2CN3CCN2CC3)cc1. The van der Waals surface area contributed by atoms with Crippen molar-refractivity contribution in [2.45, 2.75) is 13.0 Å². The largest absolute Gasteiger partial charge is 0.370 e. The minimum Gasteiger partial charge on any atom is -0.370 e. The van der Waals surface area contributed by atoms with Gasteiger partial charge in [0.2, 0.25) is 0 Å². The number of fused-ring (bicyclic) bond motifs is 3. The van der Waals surface area contributed by atoms with Gasteiger partial charge in [-0.3, -0.25) is 14.8 Å². The molecule has 1 aromatic carbocycles. The summed E-state index contributed by atoms with van der Waals surface area (Å²) in [5, 5.41) is 3.15. The molecule has 0 spiro atoms. The molecule has 5 nitrogen and oxygen atoms in total. The quantitative estimate of drug-likeness (QED) is 0.629. The molecule has 3 fully saturated rings. The third-order valence-electron chi connectivity index (χ3n) is 4.19. The van der Waals surface area contributed by atoms with E-state index in [9.17, 15) is 0 Å². The van der Waals surface area contributed by atoms with Crippen LogP contribution in [0, 0.1) is 6.92 Å². The molecule has 5 heteroatoms. The summed E-state index contributed by atoms with van der Waals surface area (Å²) in [5.41, 5.74) is 8.20. The van der Waals surface area contributed by atoms with Gasteiger partial charge in [-0.15, -0.1) is 0 Å². The van der Waals surface area contributed by atoms with E-state index < -0.39 is 0 Å². The van der Waals surface area contributed by atoms with Crippen molar-refractivity contribution in [1.82, 2.24) is 9.80 Å². The Morgan fingerprint density at radius 1 is 1.25 bits per heavy atom. The van der Waals surface area contributed by atoms with E-state index in [0.29, 0.717) is 12.0 Å². The number of aryl methyl sites for hydroxylation is 1. The van der Waals surface area contributed by atoms with Crippen LogP contribution in [0.25, 0.3) is 0 Å². The highest BCUT2D eigenvalue weighted by molar-refractivity contribution is 5.92. The molecule has 1 aromatic rings. The first-order valence-electron chi connectivity index (χ1n) is 7.31. The van der Waals surface area contributed by atoms with Crippen LogP contribution in [0.5, 0.6) is 0 Å². The monoisotopic (exact) mass is 273 g/mol. The van der Waals surface area contributed by atoms with Gasteiger partial charge in [-0.05, 0) is 19.1 Å². The molecule has 0 radical (unpaired) electrons. The minimum absolute atomic E-state index is 0.506. The van der Waals surface area contributed by atoms with Gasteiger partial charge in [0.05, 0.1) is 6.54 Å². The van der Waals surface area contributed by atoms with Crippen molar-refractivity contribution in [1.29, 1.82) is 0 Å². The van der Waals surface area contributed by atoms with E-state index in [1.165, 1.54) is 31.7 Å². The second kappa shape index (κ2) is 5.81. The van der Waals surface area contributed by atoms with Crippen LogP contribution in [0.2, 0.25) is 0 Å². The van der Waals surface area contributed by atoms with Crippen molar-refractivity contribution >= 4 is 11.6 Å². The second-order valence-corrected chi connectivity index (χ2v) is 5.71. The topological polar surface area (TPSA) is 56.9 Å². The first-order valence-corrected chi connectivity index (χ1v) is 7.31. The number of guanidine groups is 1. The van der Waals surface area contributed by atoms with Gasteiger partial charge in [-0.1, -0.05) is 17.7 Å². The lowest BCUT2D eigenvalue weighted by atomic mass is 10.1. The summed E-state index contributed by atoms with van der Waals surface area (Å²) >= 11 is 0. The molecule has 1 unspecified atom stereocenters. The molecule has 1 atom stereocenters. The smallest absolute Gasteiger partial charge is 0.193 e. The molecule has 3 saturated heterocycles. The molecule has 3 aliphatic rings. The minimum atomic E-state index is 0.506. The predicted octanol–water partition coefficient (Wildman–Crippen LogP) is 0.721. The number of anilines is 1. The summed E-state index contributed by atoms with van der Waals surface area (Å²) in [4.78, 5) is 9.55. The Hall–Kier alpha value is -1.59. The molecule has 108 valence electrons. The van der Waals surface area contributed by atoms with Crippen LogP contribution < -0.4 is 11.1 Å². The maximum atomic E-state index is 5.97. The zero-order valence-electron chi connectivity index (χ0n) is 12.0. The molecule has 0 aromatic heterocycles. The Labute approximate surface area is 120 Å². The maximum Gasteiger partial charge on any atom is 0.193 e. The van der Waals surface area contributed by atoms with Crippen molar-refractivity contribution in [3.05, 3.63) is 29.8 Å². The highest BCUT2D eigenvalue weighted by Gasteiger charge is 2.31. The number of benzene rings is 1. The van der Waals surface area contributed by atoms with Crippen LogP contribution in [0.1, 0.15) is 5.56 Å². The molecule has 20 heavy (non-hydrogen) atoms. The molecule has 2 bridgehead atoms. The predicted molar refractivity (Wildman–Crippen MR) is 83.1 cm³/mol. The van der Waals surface area contributed by atoms with E-state index in [2.05, 4.69) is 39.2 Å². The molecule has 0 saturated carbocycles. The lowest BCUT2D eigenvalue weighted by Gasteiger charge is -2.47. The molecular formula is C15H23N5. The Kier molecular flexibility index (Phi) is 3.89. The lowest BCUT2D eigenvalue weighted by Crippen LogP contribution is -2.61. The number of hydrogen-bond donors (Lipinski definition) is 2. The molecule has 0 aliphatic carbocycles. The van der Waals surface area contributed by atoms with E-state index in [4.69, 9.17) is 5.73 Å². The summed E-state index contributed by atoms with van der Waals surface area (Å²) in [5.74, 6) is 0.506.